The number of thiophene rings is 1. The standard InChI is InChI=1S/C12H20N2S/c13-14-12(11-7-8-15-9-11)6-5-10-3-1-2-4-10/h7-10,12,14H,1-6,13H2. The van der Waals surface area contributed by atoms with Crippen LogP contribution in [0.2, 0.25) is 0 Å². The molecule has 0 aliphatic heterocycles. The van der Waals surface area contributed by atoms with Gasteiger partial charge in [0.1, 0.15) is 0 Å². The van der Waals surface area contributed by atoms with Crippen LogP contribution in [0.4, 0.5) is 0 Å². The van der Waals surface area contributed by atoms with Crippen molar-refractivity contribution < 1.29 is 0 Å². The largest absolute Gasteiger partial charge is 0.271 e. The highest BCUT2D eigenvalue weighted by molar-refractivity contribution is 7.07. The average Bonchev–Trinajstić information content (AvgIpc) is 2.90. The van der Waals surface area contributed by atoms with Crippen LogP contribution in [0.25, 0.3) is 0 Å². The van der Waals surface area contributed by atoms with Crippen LogP contribution in [-0.2, 0) is 0 Å². The summed E-state index contributed by atoms with van der Waals surface area (Å²) in [4.78, 5) is 0. The van der Waals surface area contributed by atoms with Crippen LogP contribution in [0.1, 0.15) is 50.1 Å². The van der Waals surface area contributed by atoms with E-state index in [9.17, 15) is 0 Å². The van der Waals surface area contributed by atoms with Gasteiger partial charge in [-0.1, -0.05) is 25.7 Å². The average molecular weight is 224 g/mol. The monoisotopic (exact) mass is 224 g/mol. The van der Waals surface area contributed by atoms with E-state index in [4.69, 9.17) is 5.84 Å². The maximum absolute atomic E-state index is 5.60. The maximum atomic E-state index is 5.60. The van der Waals surface area contributed by atoms with Crippen molar-refractivity contribution in [2.75, 3.05) is 0 Å². The Morgan fingerprint density at radius 1 is 1.47 bits per heavy atom. The summed E-state index contributed by atoms with van der Waals surface area (Å²) in [6, 6.07) is 2.53. The second kappa shape index (κ2) is 5.64. The highest BCUT2D eigenvalue weighted by Crippen LogP contribution is 2.31. The molecule has 1 aliphatic rings. The summed E-state index contributed by atoms with van der Waals surface area (Å²) in [7, 11) is 0. The number of hydrazine groups is 1. The summed E-state index contributed by atoms with van der Waals surface area (Å²) in [6.45, 7) is 0. The van der Waals surface area contributed by atoms with E-state index in [1.54, 1.807) is 11.3 Å². The van der Waals surface area contributed by atoms with Crippen molar-refractivity contribution in [3.8, 4) is 0 Å². The van der Waals surface area contributed by atoms with E-state index in [0.29, 0.717) is 6.04 Å². The summed E-state index contributed by atoms with van der Waals surface area (Å²) in [5.41, 5.74) is 4.28. The van der Waals surface area contributed by atoms with Crippen molar-refractivity contribution >= 4 is 11.3 Å². The van der Waals surface area contributed by atoms with Gasteiger partial charge in [0, 0.05) is 6.04 Å². The zero-order valence-electron chi connectivity index (χ0n) is 9.11. The smallest absolute Gasteiger partial charge is 0.0468 e. The zero-order chi connectivity index (χ0) is 10.5. The minimum Gasteiger partial charge on any atom is -0.271 e. The van der Waals surface area contributed by atoms with Crippen molar-refractivity contribution in [2.45, 2.75) is 44.6 Å². The molecule has 0 radical (unpaired) electrons. The summed E-state index contributed by atoms with van der Waals surface area (Å²) in [5, 5.41) is 4.31. The van der Waals surface area contributed by atoms with Crippen LogP contribution >= 0.6 is 11.3 Å². The molecule has 1 saturated carbocycles. The molecule has 3 heteroatoms. The molecule has 0 bridgehead atoms. The van der Waals surface area contributed by atoms with Crippen molar-refractivity contribution in [1.82, 2.24) is 5.43 Å². The Bertz CT molecular complexity index is 265. The van der Waals surface area contributed by atoms with E-state index < -0.39 is 0 Å². The normalized spacial score (nSPS) is 19.5. The van der Waals surface area contributed by atoms with Gasteiger partial charge in [-0.2, -0.15) is 11.3 Å². The van der Waals surface area contributed by atoms with Gasteiger partial charge in [-0.3, -0.25) is 11.3 Å². The molecule has 1 atom stereocenters. The van der Waals surface area contributed by atoms with Crippen LogP contribution < -0.4 is 11.3 Å². The van der Waals surface area contributed by atoms with E-state index in [2.05, 4.69) is 22.3 Å². The molecule has 3 N–H and O–H groups in total. The molecule has 1 aromatic rings. The molecule has 0 spiro atoms. The van der Waals surface area contributed by atoms with Crippen LogP contribution in [-0.4, -0.2) is 0 Å². The quantitative estimate of drug-likeness (QED) is 0.595. The first-order chi connectivity index (χ1) is 7.40. The SMILES string of the molecule is NNC(CCC1CCCC1)c1ccsc1. The lowest BCUT2D eigenvalue weighted by Crippen LogP contribution is -2.28. The Kier molecular flexibility index (Phi) is 4.18. The minimum absolute atomic E-state index is 0.358. The third kappa shape index (κ3) is 3.03. The van der Waals surface area contributed by atoms with Crippen LogP contribution in [0, 0.1) is 5.92 Å². The number of nitrogens with two attached hydrogens (primary N) is 1. The highest BCUT2D eigenvalue weighted by Gasteiger charge is 2.17. The number of hydrogen-bond acceptors (Lipinski definition) is 3. The highest BCUT2D eigenvalue weighted by atomic mass is 32.1. The second-order valence-corrected chi connectivity index (χ2v) is 5.28. The fourth-order valence-electron chi connectivity index (χ4n) is 2.52. The van der Waals surface area contributed by atoms with Gasteiger partial charge in [-0.05, 0) is 41.1 Å². The molecule has 2 rings (SSSR count). The van der Waals surface area contributed by atoms with Gasteiger partial charge < -0.3 is 0 Å². The topological polar surface area (TPSA) is 38.0 Å². The van der Waals surface area contributed by atoms with E-state index in [1.807, 2.05) is 0 Å². The summed E-state index contributed by atoms with van der Waals surface area (Å²) in [5.74, 6) is 6.56. The molecule has 15 heavy (non-hydrogen) atoms. The molecule has 1 unspecified atom stereocenters. The lowest BCUT2D eigenvalue weighted by molar-refractivity contribution is 0.417. The fraction of sp³-hybridized carbons (Fsp3) is 0.667. The third-order valence-electron chi connectivity index (χ3n) is 3.49. The Morgan fingerprint density at radius 2 is 2.27 bits per heavy atom. The van der Waals surface area contributed by atoms with Crippen molar-refractivity contribution in [3.63, 3.8) is 0 Å². The lowest BCUT2D eigenvalue weighted by Gasteiger charge is -2.17. The molecule has 0 saturated heterocycles. The van der Waals surface area contributed by atoms with Gasteiger partial charge in [0.15, 0.2) is 0 Å². The number of hydrogen-bond donors (Lipinski definition) is 2. The van der Waals surface area contributed by atoms with Crippen molar-refractivity contribution in [1.29, 1.82) is 0 Å². The van der Waals surface area contributed by atoms with Crippen molar-refractivity contribution in [3.05, 3.63) is 22.4 Å². The molecule has 1 aliphatic carbocycles. The van der Waals surface area contributed by atoms with E-state index in [1.165, 1.54) is 44.1 Å². The first kappa shape index (κ1) is 11.1. The van der Waals surface area contributed by atoms with Gasteiger partial charge >= 0.3 is 0 Å². The van der Waals surface area contributed by atoms with Crippen LogP contribution in [0.15, 0.2) is 16.8 Å². The molecule has 2 nitrogen and oxygen atoms in total. The molecule has 1 fully saturated rings. The predicted octanol–water partition coefficient (Wildman–Crippen LogP) is 3.22. The molecule has 84 valence electrons. The molecule has 1 heterocycles. The van der Waals surface area contributed by atoms with Gasteiger partial charge in [-0.25, -0.2) is 0 Å². The van der Waals surface area contributed by atoms with E-state index in [-0.39, 0.29) is 0 Å². The fourth-order valence-corrected chi connectivity index (χ4v) is 3.24. The summed E-state index contributed by atoms with van der Waals surface area (Å²) < 4.78 is 0. The molecule has 0 amide bonds. The van der Waals surface area contributed by atoms with Gasteiger partial charge in [0.2, 0.25) is 0 Å². The van der Waals surface area contributed by atoms with Crippen LogP contribution in [0.5, 0.6) is 0 Å². The zero-order valence-corrected chi connectivity index (χ0v) is 9.93. The molecule has 0 aromatic carbocycles. The van der Waals surface area contributed by atoms with Crippen molar-refractivity contribution in [2.24, 2.45) is 11.8 Å². The predicted molar refractivity (Wildman–Crippen MR) is 65.6 cm³/mol. The van der Waals surface area contributed by atoms with E-state index in [0.717, 1.165) is 5.92 Å². The maximum Gasteiger partial charge on any atom is 0.0468 e. The first-order valence-corrected chi connectivity index (χ1v) is 6.82. The second-order valence-electron chi connectivity index (χ2n) is 4.50. The first-order valence-electron chi connectivity index (χ1n) is 5.88. The Hall–Kier alpha value is -0.380. The Balaban J connectivity index is 1.80. The minimum atomic E-state index is 0.358. The summed E-state index contributed by atoms with van der Waals surface area (Å²) >= 11 is 1.75. The molecule has 1 aromatic heterocycles. The van der Waals surface area contributed by atoms with Gasteiger partial charge in [-0.15, -0.1) is 0 Å². The molecular formula is C12H20N2S. The molecular weight excluding hydrogens is 204 g/mol. The van der Waals surface area contributed by atoms with Crippen LogP contribution in [0.3, 0.4) is 0 Å². The van der Waals surface area contributed by atoms with E-state index >= 15 is 0 Å². The third-order valence-corrected chi connectivity index (χ3v) is 4.19. The lowest BCUT2D eigenvalue weighted by atomic mass is 9.96. The Labute approximate surface area is 95.8 Å². The van der Waals surface area contributed by atoms with Gasteiger partial charge in [0.25, 0.3) is 0 Å². The number of rotatable bonds is 5. The number of nitrogens with one attached hydrogen (secondary N) is 1. The van der Waals surface area contributed by atoms with Gasteiger partial charge in [0.05, 0.1) is 0 Å². The summed E-state index contributed by atoms with van der Waals surface area (Å²) in [6.07, 6.45) is 8.23. The Morgan fingerprint density at radius 3 is 2.87 bits per heavy atom.